The first-order valence-corrected chi connectivity index (χ1v) is 11.0. The maximum absolute atomic E-state index is 13.6. The number of aromatic nitrogens is 1. The van der Waals surface area contributed by atoms with Gasteiger partial charge in [0.05, 0.1) is 11.3 Å². The van der Waals surface area contributed by atoms with Crippen LogP contribution in [0.2, 0.25) is 0 Å². The Kier molecular flexibility index (Phi) is 4.95. The molecule has 0 aliphatic carbocycles. The van der Waals surface area contributed by atoms with E-state index in [2.05, 4.69) is 52.7 Å². The van der Waals surface area contributed by atoms with Crippen molar-refractivity contribution in [2.75, 3.05) is 6.54 Å². The molecule has 2 fully saturated rings. The zero-order valence-corrected chi connectivity index (χ0v) is 17.6. The molecule has 2 aliphatic rings. The van der Waals surface area contributed by atoms with Crippen LogP contribution in [0.4, 0.5) is 0 Å². The lowest BCUT2D eigenvalue weighted by Gasteiger charge is -2.38. The Morgan fingerprint density at radius 2 is 1.73 bits per heavy atom. The van der Waals surface area contributed by atoms with E-state index in [0.717, 1.165) is 47.1 Å². The minimum Gasteiger partial charge on any atom is -0.349 e. The molecule has 5 rings (SSSR count). The van der Waals surface area contributed by atoms with E-state index in [1.54, 1.807) is 0 Å². The number of amides is 1. The van der Waals surface area contributed by atoms with Crippen LogP contribution in [0, 0.1) is 0 Å². The summed E-state index contributed by atoms with van der Waals surface area (Å²) in [5, 5.41) is 4.43. The molecule has 0 saturated carbocycles. The molecule has 2 aromatic carbocycles. The van der Waals surface area contributed by atoms with E-state index in [0.29, 0.717) is 12.1 Å². The van der Waals surface area contributed by atoms with Crippen LogP contribution in [-0.2, 0) is 7.05 Å². The van der Waals surface area contributed by atoms with Gasteiger partial charge in [0.15, 0.2) is 0 Å². The highest BCUT2D eigenvalue weighted by atomic mass is 16.1. The normalized spacial score (nSPS) is 23.6. The molecule has 2 aliphatic heterocycles. The van der Waals surface area contributed by atoms with Crippen molar-refractivity contribution < 1.29 is 4.79 Å². The number of carbonyl (C=O) groups excluding carboxylic acids is 1. The van der Waals surface area contributed by atoms with Gasteiger partial charge in [-0.05, 0) is 37.3 Å². The number of nitrogens with zero attached hydrogens (tertiary/aromatic N) is 2. The second kappa shape index (κ2) is 7.77. The predicted octanol–water partition coefficient (Wildman–Crippen LogP) is 4.76. The molecular weight excluding hydrogens is 370 g/mol. The second-order valence-electron chi connectivity index (χ2n) is 8.68. The molecular formula is C26H29N3O. The molecule has 154 valence electrons. The number of para-hydroxylation sites is 1. The van der Waals surface area contributed by atoms with Crippen molar-refractivity contribution >= 4 is 16.8 Å². The van der Waals surface area contributed by atoms with Crippen LogP contribution in [0.25, 0.3) is 22.2 Å². The van der Waals surface area contributed by atoms with Crippen LogP contribution in [0.5, 0.6) is 0 Å². The number of fused-ring (bicyclic) bond motifs is 3. The summed E-state index contributed by atoms with van der Waals surface area (Å²) in [6.45, 7) is 4.87. The standard InChI is InChI=1S/C26H29N3O/c1-3-15-29-20-13-14-21(29)17-19(16-20)27-26(30)24-22-11-7-8-12-23(22)28(2)25(24)18-9-5-4-6-10-18/h3-12,19-21H,1,13-17H2,2H3,(H,27,30). The summed E-state index contributed by atoms with van der Waals surface area (Å²) >= 11 is 0. The zero-order valence-electron chi connectivity index (χ0n) is 17.6. The van der Waals surface area contributed by atoms with E-state index < -0.39 is 0 Å². The summed E-state index contributed by atoms with van der Waals surface area (Å²) in [6.07, 6.45) is 6.53. The predicted molar refractivity (Wildman–Crippen MR) is 123 cm³/mol. The van der Waals surface area contributed by atoms with Crippen molar-refractivity contribution in [1.82, 2.24) is 14.8 Å². The molecule has 3 heterocycles. The maximum atomic E-state index is 13.6. The fraction of sp³-hybridized carbons (Fsp3) is 0.346. The fourth-order valence-corrected chi connectivity index (χ4v) is 5.65. The summed E-state index contributed by atoms with van der Waals surface area (Å²) in [4.78, 5) is 16.2. The third-order valence-electron chi connectivity index (χ3n) is 6.94. The van der Waals surface area contributed by atoms with Gasteiger partial charge in [-0.15, -0.1) is 6.58 Å². The first kappa shape index (κ1) is 19.1. The smallest absolute Gasteiger partial charge is 0.254 e. The number of hydrogen-bond donors (Lipinski definition) is 1. The number of nitrogens with one attached hydrogen (secondary N) is 1. The van der Waals surface area contributed by atoms with Crippen LogP contribution in [0.15, 0.2) is 67.3 Å². The van der Waals surface area contributed by atoms with E-state index in [-0.39, 0.29) is 11.9 Å². The van der Waals surface area contributed by atoms with Crippen LogP contribution in [-0.4, -0.2) is 40.0 Å². The number of rotatable bonds is 5. The number of carbonyl (C=O) groups is 1. The summed E-state index contributed by atoms with van der Waals surface area (Å²) in [5.74, 6) is 0.0484. The van der Waals surface area contributed by atoms with E-state index >= 15 is 0 Å². The van der Waals surface area contributed by atoms with E-state index in [1.807, 2.05) is 36.4 Å². The first-order chi connectivity index (χ1) is 14.7. The lowest BCUT2D eigenvalue weighted by molar-refractivity contribution is 0.0868. The third kappa shape index (κ3) is 3.16. The number of hydrogen-bond acceptors (Lipinski definition) is 2. The van der Waals surface area contributed by atoms with E-state index in [9.17, 15) is 4.79 Å². The molecule has 4 nitrogen and oxygen atoms in total. The molecule has 2 bridgehead atoms. The highest BCUT2D eigenvalue weighted by molar-refractivity contribution is 6.12. The van der Waals surface area contributed by atoms with Gasteiger partial charge in [-0.2, -0.15) is 0 Å². The monoisotopic (exact) mass is 399 g/mol. The maximum Gasteiger partial charge on any atom is 0.254 e. The molecule has 4 heteroatoms. The minimum absolute atomic E-state index is 0.0484. The Hall–Kier alpha value is -2.85. The molecule has 0 spiro atoms. The van der Waals surface area contributed by atoms with Gasteiger partial charge in [0.25, 0.3) is 5.91 Å². The summed E-state index contributed by atoms with van der Waals surface area (Å²) < 4.78 is 2.15. The summed E-state index contributed by atoms with van der Waals surface area (Å²) in [5.41, 5.74) is 3.94. The van der Waals surface area contributed by atoms with Crippen molar-refractivity contribution in [3.63, 3.8) is 0 Å². The van der Waals surface area contributed by atoms with Crippen LogP contribution in [0.3, 0.4) is 0 Å². The van der Waals surface area contributed by atoms with Crippen molar-refractivity contribution in [2.45, 2.75) is 43.8 Å². The Morgan fingerprint density at radius 3 is 2.43 bits per heavy atom. The molecule has 3 aromatic rings. The van der Waals surface area contributed by atoms with Crippen LogP contribution >= 0.6 is 0 Å². The lowest BCUT2D eigenvalue weighted by atomic mass is 9.96. The SMILES string of the molecule is C=CCN1C2CCC1CC(NC(=O)c1c(-c3ccccc3)n(C)c3ccccc13)C2. The van der Waals surface area contributed by atoms with E-state index in [1.165, 1.54) is 12.8 Å². The van der Waals surface area contributed by atoms with Gasteiger partial charge in [-0.3, -0.25) is 9.69 Å². The summed E-state index contributed by atoms with van der Waals surface area (Å²) in [6, 6.07) is 19.8. The summed E-state index contributed by atoms with van der Waals surface area (Å²) in [7, 11) is 2.05. The Balaban J connectivity index is 1.48. The van der Waals surface area contributed by atoms with Gasteiger partial charge in [-0.25, -0.2) is 0 Å². The quantitative estimate of drug-likeness (QED) is 0.628. The van der Waals surface area contributed by atoms with E-state index in [4.69, 9.17) is 0 Å². The molecule has 1 aromatic heterocycles. The molecule has 1 N–H and O–H groups in total. The molecule has 2 saturated heterocycles. The van der Waals surface area contributed by atoms with Crippen molar-refractivity contribution in [2.24, 2.45) is 7.05 Å². The van der Waals surface area contributed by atoms with Gasteiger partial charge in [-0.1, -0.05) is 54.6 Å². The third-order valence-corrected chi connectivity index (χ3v) is 6.94. The van der Waals surface area contributed by atoms with Crippen molar-refractivity contribution in [3.8, 4) is 11.3 Å². The van der Waals surface area contributed by atoms with Gasteiger partial charge < -0.3 is 9.88 Å². The minimum atomic E-state index is 0.0484. The topological polar surface area (TPSA) is 37.3 Å². The van der Waals surface area contributed by atoms with Gasteiger partial charge >= 0.3 is 0 Å². The molecule has 1 amide bonds. The molecule has 30 heavy (non-hydrogen) atoms. The van der Waals surface area contributed by atoms with Crippen molar-refractivity contribution in [1.29, 1.82) is 0 Å². The van der Waals surface area contributed by atoms with Crippen LogP contribution in [0.1, 0.15) is 36.0 Å². The molecule has 2 atom stereocenters. The second-order valence-corrected chi connectivity index (χ2v) is 8.68. The van der Waals surface area contributed by atoms with Gasteiger partial charge in [0.2, 0.25) is 0 Å². The Bertz CT molecular complexity index is 1070. The highest BCUT2D eigenvalue weighted by Gasteiger charge is 2.40. The van der Waals surface area contributed by atoms with Gasteiger partial charge in [0, 0.05) is 42.6 Å². The lowest BCUT2D eigenvalue weighted by Crippen LogP contribution is -2.50. The van der Waals surface area contributed by atoms with Crippen LogP contribution < -0.4 is 5.32 Å². The number of benzene rings is 2. The highest BCUT2D eigenvalue weighted by Crippen LogP contribution is 2.37. The van der Waals surface area contributed by atoms with Crippen molar-refractivity contribution in [3.05, 3.63) is 72.8 Å². The largest absolute Gasteiger partial charge is 0.349 e. The number of aryl methyl sites for hydroxylation is 1. The molecule has 0 radical (unpaired) electrons. The zero-order chi connectivity index (χ0) is 20.7. The Labute approximate surface area is 178 Å². The average Bonchev–Trinajstić information content (AvgIpc) is 3.18. The van der Waals surface area contributed by atoms with Gasteiger partial charge in [0.1, 0.15) is 0 Å². The fourth-order valence-electron chi connectivity index (χ4n) is 5.65. The average molecular weight is 400 g/mol. The number of piperidine rings is 1. The Morgan fingerprint density at radius 1 is 1.07 bits per heavy atom. The molecule has 2 unspecified atom stereocenters. The first-order valence-electron chi connectivity index (χ1n) is 11.0.